The molecular weight excluding hydrogens is 276 g/mol. The van der Waals surface area contributed by atoms with Crippen LogP contribution in [-0.4, -0.2) is 42.2 Å². The first kappa shape index (κ1) is 18.2. The molecule has 0 saturated carbocycles. The van der Waals surface area contributed by atoms with Crippen LogP contribution in [0.1, 0.15) is 20.3 Å². The quantitative estimate of drug-likeness (QED) is 0.566. The Bertz CT molecular complexity index is 283. The van der Waals surface area contributed by atoms with Gasteiger partial charge in [0.2, 0.25) is 0 Å². The highest BCUT2D eigenvalue weighted by atomic mass is 19.4. The molecule has 1 atom stereocenters. The van der Waals surface area contributed by atoms with Crippen LogP contribution in [0.3, 0.4) is 0 Å². The topological polar surface area (TPSA) is 24.7 Å². The van der Waals surface area contributed by atoms with Gasteiger partial charge in [-0.3, -0.25) is 0 Å². The van der Waals surface area contributed by atoms with Crippen molar-refractivity contribution in [3.63, 3.8) is 0 Å². The summed E-state index contributed by atoms with van der Waals surface area (Å²) in [5.74, 6) is 0. The van der Waals surface area contributed by atoms with Crippen LogP contribution in [0.5, 0.6) is 0 Å². The molecule has 0 aromatic carbocycles. The van der Waals surface area contributed by atoms with Crippen molar-refractivity contribution in [3.05, 3.63) is 12.7 Å². The molecule has 0 radical (unpaired) electrons. The summed E-state index contributed by atoms with van der Waals surface area (Å²) in [5, 5.41) is 9.11. The van der Waals surface area contributed by atoms with Gasteiger partial charge in [0.15, 0.2) is 0 Å². The van der Waals surface area contributed by atoms with Crippen LogP contribution in [0.15, 0.2) is 12.7 Å². The van der Waals surface area contributed by atoms with Gasteiger partial charge in [0.1, 0.15) is 6.54 Å². The number of hydrogen-bond acceptors (Lipinski definition) is 1. The zero-order chi connectivity index (χ0) is 15.5. The number of hydrogen-bond donors (Lipinski definition) is 2. The van der Waals surface area contributed by atoms with Crippen molar-refractivity contribution in [1.29, 1.82) is 0 Å². The Labute approximate surface area is 107 Å². The lowest BCUT2D eigenvalue weighted by atomic mass is 10.0. The predicted octanol–water partition coefficient (Wildman–Crippen LogP) is 1.71. The third kappa shape index (κ3) is 4.38. The maximum absolute atomic E-state index is 12.5. The first-order chi connectivity index (χ1) is 8.37. The average Bonchev–Trinajstić information content (AvgIpc) is 2.20. The van der Waals surface area contributed by atoms with Gasteiger partial charge in [0.25, 0.3) is 0 Å². The summed E-state index contributed by atoms with van der Waals surface area (Å²) in [4.78, 5) is 0.0112. The van der Waals surface area contributed by atoms with E-state index in [4.69, 9.17) is 5.11 Å². The number of halogens is 6. The van der Waals surface area contributed by atoms with Crippen molar-refractivity contribution in [2.45, 2.75) is 44.3 Å². The third-order valence-corrected chi connectivity index (χ3v) is 2.91. The van der Waals surface area contributed by atoms with E-state index in [1.807, 2.05) is 0 Å². The van der Waals surface area contributed by atoms with Crippen LogP contribution in [-0.2, 0) is 0 Å². The van der Waals surface area contributed by atoms with Crippen LogP contribution in [0, 0.1) is 0 Å². The standard InChI is InChI=1S/C11H17F6NO/c1-4-5-6-18(8(2)3)7-9(19,10(12,13)14)11(15,16)17/h4,8,19H,1,5-7H2,2-3H3/p+1. The van der Waals surface area contributed by atoms with Crippen molar-refractivity contribution in [3.8, 4) is 0 Å². The monoisotopic (exact) mass is 294 g/mol. The van der Waals surface area contributed by atoms with Gasteiger partial charge in [0.05, 0.1) is 12.6 Å². The zero-order valence-corrected chi connectivity index (χ0v) is 10.7. The molecule has 0 aromatic heterocycles. The molecule has 0 heterocycles. The highest BCUT2D eigenvalue weighted by Crippen LogP contribution is 2.42. The highest BCUT2D eigenvalue weighted by molar-refractivity contribution is 4.93. The van der Waals surface area contributed by atoms with Crippen molar-refractivity contribution in [2.75, 3.05) is 13.1 Å². The predicted molar refractivity (Wildman–Crippen MR) is 57.7 cm³/mol. The summed E-state index contributed by atoms with van der Waals surface area (Å²) in [7, 11) is 0. The molecule has 8 heteroatoms. The molecule has 0 aromatic rings. The first-order valence-electron chi connectivity index (χ1n) is 5.68. The molecule has 0 aliphatic heterocycles. The number of quaternary nitrogens is 1. The maximum Gasteiger partial charge on any atom is 0.432 e. The minimum absolute atomic E-state index is 0.0112. The molecule has 19 heavy (non-hydrogen) atoms. The summed E-state index contributed by atoms with van der Waals surface area (Å²) >= 11 is 0. The van der Waals surface area contributed by atoms with E-state index in [2.05, 4.69) is 6.58 Å². The molecule has 0 spiro atoms. The fraction of sp³-hybridized carbons (Fsp3) is 0.818. The summed E-state index contributed by atoms with van der Waals surface area (Å²) in [6.45, 7) is 4.92. The Hall–Kier alpha value is -0.760. The van der Waals surface area contributed by atoms with E-state index in [1.54, 1.807) is 0 Å². The Morgan fingerprint density at radius 1 is 1.11 bits per heavy atom. The Kier molecular flexibility index (Phi) is 5.88. The lowest BCUT2D eigenvalue weighted by Gasteiger charge is -2.36. The van der Waals surface area contributed by atoms with Crippen LogP contribution >= 0.6 is 0 Å². The highest BCUT2D eigenvalue weighted by Gasteiger charge is 2.72. The van der Waals surface area contributed by atoms with Crippen molar-refractivity contribution >= 4 is 0 Å². The van der Waals surface area contributed by atoms with E-state index in [-0.39, 0.29) is 17.9 Å². The number of aliphatic hydroxyl groups is 1. The Morgan fingerprint density at radius 2 is 1.53 bits per heavy atom. The van der Waals surface area contributed by atoms with Gasteiger partial charge in [-0.05, 0) is 13.8 Å². The SMILES string of the molecule is C=CCC[NH+](CC(O)(C(F)(F)F)C(F)(F)F)C(C)C. The van der Waals surface area contributed by atoms with Crippen molar-refractivity contribution in [1.82, 2.24) is 0 Å². The zero-order valence-electron chi connectivity index (χ0n) is 10.7. The minimum Gasteiger partial charge on any atom is -0.369 e. The fourth-order valence-electron chi connectivity index (χ4n) is 1.56. The van der Waals surface area contributed by atoms with E-state index in [9.17, 15) is 26.3 Å². The molecule has 0 amide bonds. The van der Waals surface area contributed by atoms with Gasteiger partial charge >= 0.3 is 18.0 Å². The maximum atomic E-state index is 12.5. The second kappa shape index (κ2) is 6.13. The Balaban J connectivity index is 5.25. The smallest absolute Gasteiger partial charge is 0.369 e. The van der Waals surface area contributed by atoms with E-state index in [0.29, 0.717) is 0 Å². The van der Waals surface area contributed by atoms with Crippen molar-refractivity contribution in [2.24, 2.45) is 0 Å². The summed E-state index contributed by atoms with van der Waals surface area (Å²) in [5.41, 5.74) is -4.69. The molecule has 0 bridgehead atoms. The lowest BCUT2D eigenvalue weighted by Crippen LogP contribution is -3.17. The largest absolute Gasteiger partial charge is 0.432 e. The normalized spacial score (nSPS) is 15.7. The van der Waals surface area contributed by atoms with Gasteiger partial charge in [-0.2, -0.15) is 26.3 Å². The second-order valence-electron chi connectivity index (χ2n) is 4.67. The lowest BCUT2D eigenvalue weighted by molar-refractivity contribution is -0.930. The molecule has 2 nitrogen and oxygen atoms in total. The third-order valence-electron chi connectivity index (χ3n) is 2.91. The van der Waals surface area contributed by atoms with Crippen LogP contribution in [0.2, 0.25) is 0 Å². The number of alkyl halides is 6. The molecule has 0 rings (SSSR count). The molecule has 1 unspecified atom stereocenters. The fourth-order valence-corrected chi connectivity index (χ4v) is 1.56. The van der Waals surface area contributed by atoms with E-state index >= 15 is 0 Å². The molecule has 0 aliphatic carbocycles. The van der Waals surface area contributed by atoms with E-state index in [1.165, 1.54) is 19.9 Å². The van der Waals surface area contributed by atoms with E-state index in [0.717, 1.165) is 0 Å². The Morgan fingerprint density at radius 3 is 1.79 bits per heavy atom. The molecule has 0 aliphatic rings. The number of nitrogens with one attached hydrogen (secondary N) is 1. The summed E-state index contributed by atoms with van der Waals surface area (Å²) < 4.78 is 75.3. The summed E-state index contributed by atoms with van der Waals surface area (Å²) in [6, 6.07) is -0.490. The molecule has 114 valence electrons. The van der Waals surface area contributed by atoms with E-state index < -0.39 is 30.5 Å². The summed E-state index contributed by atoms with van der Waals surface area (Å²) in [6.07, 6.45) is -9.86. The van der Waals surface area contributed by atoms with Gasteiger partial charge in [-0.1, -0.05) is 6.08 Å². The first-order valence-corrected chi connectivity index (χ1v) is 5.68. The molecule has 0 saturated heterocycles. The average molecular weight is 294 g/mol. The molecule has 2 N–H and O–H groups in total. The van der Waals surface area contributed by atoms with Crippen LogP contribution < -0.4 is 4.90 Å². The number of rotatable bonds is 6. The van der Waals surface area contributed by atoms with Crippen molar-refractivity contribution < 1.29 is 36.3 Å². The second-order valence-corrected chi connectivity index (χ2v) is 4.67. The van der Waals surface area contributed by atoms with Gasteiger partial charge in [-0.25, -0.2) is 0 Å². The van der Waals surface area contributed by atoms with Gasteiger partial charge < -0.3 is 10.0 Å². The van der Waals surface area contributed by atoms with Crippen LogP contribution in [0.25, 0.3) is 0 Å². The van der Waals surface area contributed by atoms with Gasteiger partial charge in [-0.15, -0.1) is 6.58 Å². The van der Waals surface area contributed by atoms with Crippen LogP contribution in [0.4, 0.5) is 26.3 Å². The molecule has 0 fully saturated rings. The molecular formula is C11H18F6NO+. The minimum atomic E-state index is -5.76. The van der Waals surface area contributed by atoms with Gasteiger partial charge in [0, 0.05) is 6.42 Å².